The number of hydrogen-bond donors (Lipinski definition) is 1. The van der Waals surface area contributed by atoms with Crippen molar-refractivity contribution in [1.29, 1.82) is 5.26 Å². The molecule has 0 aromatic rings. The van der Waals surface area contributed by atoms with Gasteiger partial charge < -0.3 is 5.73 Å². The van der Waals surface area contributed by atoms with Crippen LogP contribution in [0.15, 0.2) is 0 Å². The number of hydrogen-bond acceptors (Lipinski definition) is 2. The molecule has 0 aliphatic heterocycles. The van der Waals surface area contributed by atoms with Crippen molar-refractivity contribution in [3.63, 3.8) is 0 Å². The number of nitrogens with zero attached hydrogens (tertiary/aromatic N) is 1. The Bertz CT molecular complexity index is 98.3. The van der Waals surface area contributed by atoms with Gasteiger partial charge in [-0.1, -0.05) is 19.3 Å². The largest absolute Gasteiger partial charge is 0.328 e. The Morgan fingerprint density at radius 1 is 1.30 bits per heavy atom. The summed E-state index contributed by atoms with van der Waals surface area (Å²) in [6, 6.07) is 2.29. The molecule has 1 fully saturated rings. The van der Waals surface area contributed by atoms with Crippen molar-refractivity contribution in [1.82, 2.24) is 0 Å². The van der Waals surface area contributed by atoms with Crippen molar-refractivity contribution in [2.45, 2.75) is 45.1 Å². The zero-order valence-electron chi connectivity index (χ0n) is 6.64. The topological polar surface area (TPSA) is 49.8 Å². The second-order valence-corrected chi connectivity index (χ2v) is 2.62. The fourth-order valence-electron chi connectivity index (χ4n) is 1.13. The molecule has 1 rings (SSSR count). The Hall–Kier alpha value is -0.550. The predicted octanol–water partition coefficient (Wildman–Crippen LogP) is 1.81. The Labute approximate surface area is 63.0 Å². The average molecular weight is 140 g/mol. The molecule has 0 radical (unpaired) electrons. The highest BCUT2D eigenvalue weighted by atomic mass is 14.6. The maximum atomic E-state index is 7.32. The number of nitrogens with two attached hydrogens (primary N) is 1. The lowest BCUT2D eigenvalue weighted by molar-refractivity contribution is 0.441. The van der Waals surface area contributed by atoms with Crippen molar-refractivity contribution in [2.75, 3.05) is 0 Å². The zero-order chi connectivity index (χ0) is 7.82. The van der Waals surface area contributed by atoms with Crippen LogP contribution in [-0.2, 0) is 0 Å². The van der Waals surface area contributed by atoms with Gasteiger partial charge in [0.1, 0.15) is 0 Å². The molecule has 0 spiro atoms. The minimum atomic E-state index is 0.536. The van der Waals surface area contributed by atoms with E-state index in [9.17, 15) is 0 Å². The third kappa shape index (κ3) is 5.58. The van der Waals surface area contributed by atoms with Crippen molar-refractivity contribution < 1.29 is 0 Å². The molecule has 0 aromatic heterocycles. The van der Waals surface area contributed by atoms with Crippen LogP contribution in [0.25, 0.3) is 0 Å². The average Bonchev–Trinajstić information content (AvgIpc) is 1.91. The normalized spacial score (nSPS) is 18.5. The van der Waals surface area contributed by atoms with Crippen LogP contribution in [0.5, 0.6) is 0 Å². The van der Waals surface area contributed by atoms with Crippen LogP contribution in [0, 0.1) is 11.3 Å². The van der Waals surface area contributed by atoms with Crippen LogP contribution in [0.3, 0.4) is 0 Å². The summed E-state index contributed by atoms with van der Waals surface area (Å²) in [5.74, 6) is 0. The molecule has 0 amide bonds. The fraction of sp³-hybridized carbons (Fsp3) is 0.875. The molecule has 0 bridgehead atoms. The van der Waals surface area contributed by atoms with Crippen LogP contribution >= 0.6 is 0 Å². The summed E-state index contributed by atoms with van der Waals surface area (Å²) < 4.78 is 0. The Kier molecular flexibility index (Phi) is 6.21. The van der Waals surface area contributed by atoms with Gasteiger partial charge in [0.15, 0.2) is 0 Å². The van der Waals surface area contributed by atoms with Gasteiger partial charge in [-0.3, -0.25) is 0 Å². The molecule has 1 aliphatic carbocycles. The molecule has 0 atom stereocenters. The minimum absolute atomic E-state index is 0.536. The highest BCUT2D eigenvalue weighted by Crippen LogP contribution is 2.14. The predicted molar refractivity (Wildman–Crippen MR) is 42.3 cm³/mol. The summed E-state index contributed by atoms with van der Waals surface area (Å²) in [6.45, 7) is 1.43. The molecule has 2 N–H and O–H groups in total. The molecular weight excluding hydrogens is 124 g/mol. The monoisotopic (exact) mass is 140 g/mol. The molecule has 2 heteroatoms. The van der Waals surface area contributed by atoms with Crippen LogP contribution in [0.1, 0.15) is 39.0 Å². The van der Waals surface area contributed by atoms with Gasteiger partial charge in [-0.2, -0.15) is 5.26 Å². The maximum Gasteiger partial charge on any atom is 0.0587 e. The van der Waals surface area contributed by atoms with E-state index in [1.165, 1.54) is 39.0 Å². The molecule has 0 heterocycles. The van der Waals surface area contributed by atoms with Gasteiger partial charge in [-0.25, -0.2) is 0 Å². The lowest BCUT2D eigenvalue weighted by Gasteiger charge is -2.15. The van der Waals surface area contributed by atoms with E-state index in [2.05, 4.69) is 0 Å². The summed E-state index contributed by atoms with van der Waals surface area (Å²) in [5, 5.41) is 7.32. The second-order valence-electron chi connectivity index (χ2n) is 2.62. The van der Waals surface area contributed by atoms with Crippen LogP contribution in [-0.4, -0.2) is 6.04 Å². The van der Waals surface area contributed by atoms with E-state index in [0.29, 0.717) is 6.04 Å². The summed E-state index contributed by atoms with van der Waals surface area (Å²) in [5.41, 5.74) is 5.63. The van der Waals surface area contributed by atoms with Gasteiger partial charge in [-0.15, -0.1) is 0 Å². The van der Waals surface area contributed by atoms with Crippen LogP contribution in [0.2, 0.25) is 0 Å². The fourth-order valence-corrected chi connectivity index (χ4v) is 1.13. The summed E-state index contributed by atoms with van der Waals surface area (Å²) in [6.07, 6.45) is 6.66. The van der Waals surface area contributed by atoms with Gasteiger partial charge in [0.2, 0.25) is 0 Å². The third-order valence-corrected chi connectivity index (χ3v) is 1.65. The van der Waals surface area contributed by atoms with Crippen molar-refractivity contribution >= 4 is 0 Å². The molecule has 0 saturated heterocycles. The van der Waals surface area contributed by atoms with Crippen LogP contribution < -0.4 is 5.73 Å². The zero-order valence-corrected chi connectivity index (χ0v) is 6.64. The first-order valence-corrected chi connectivity index (χ1v) is 3.87. The summed E-state index contributed by atoms with van der Waals surface area (Å²) in [7, 11) is 0. The highest BCUT2D eigenvalue weighted by molar-refractivity contribution is 4.66. The van der Waals surface area contributed by atoms with Gasteiger partial charge in [-0.05, 0) is 12.8 Å². The van der Waals surface area contributed by atoms with E-state index in [4.69, 9.17) is 11.0 Å². The van der Waals surface area contributed by atoms with E-state index in [1.807, 2.05) is 0 Å². The van der Waals surface area contributed by atoms with Gasteiger partial charge in [0.05, 0.1) is 6.07 Å². The smallest absolute Gasteiger partial charge is 0.0587 e. The number of nitriles is 1. The lowest BCUT2D eigenvalue weighted by atomic mass is 9.97. The Balaban J connectivity index is 0.000000236. The maximum absolute atomic E-state index is 7.32. The van der Waals surface area contributed by atoms with E-state index >= 15 is 0 Å². The van der Waals surface area contributed by atoms with Gasteiger partial charge in [0.25, 0.3) is 0 Å². The van der Waals surface area contributed by atoms with Gasteiger partial charge in [0, 0.05) is 13.0 Å². The molecule has 1 aliphatic rings. The summed E-state index contributed by atoms with van der Waals surface area (Å²) in [4.78, 5) is 0. The van der Waals surface area contributed by atoms with Crippen LogP contribution in [0.4, 0.5) is 0 Å². The molecule has 1 saturated carbocycles. The van der Waals surface area contributed by atoms with Gasteiger partial charge >= 0.3 is 0 Å². The minimum Gasteiger partial charge on any atom is -0.328 e. The molecule has 0 unspecified atom stereocenters. The van der Waals surface area contributed by atoms with Crippen molar-refractivity contribution in [3.05, 3.63) is 0 Å². The SMILES string of the molecule is CC#N.NC1CCCCC1. The van der Waals surface area contributed by atoms with E-state index in [1.54, 1.807) is 6.07 Å². The van der Waals surface area contributed by atoms with Crippen molar-refractivity contribution in [2.24, 2.45) is 5.73 Å². The van der Waals surface area contributed by atoms with E-state index < -0.39 is 0 Å². The Morgan fingerprint density at radius 3 is 1.90 bits per heavy atom. The lowest BCUT2D eigenvalue weighted by Crippen LogP contribution is -2.22. The first-order valence-electron chi connectivity index (χ1n) is 3.87. The molecular formula is C8H16N2. The Morgan fingerprint density at radius 2 is 1.70 bits per heavy atom. The van der Waals surface area contributed by atoms with E-state index in [-0.39, 0.29) is 0 Å². The molecule has 10 heavy (non-hydrogen) atoms. The quantitative estimate of drug-likeness (QED) is 0.558. The molecule has 58 valence electrons. The molecule has 0 aromatic carbocycles. The summed E-state index contributed by atoms with van der Waals surface area (Å²) >= 11 is 0. The second kappa shape index (κ2) is 6.57. The first kappa shape index (κ1) is 9.45. The van der Waals surface area contributed by atoms with Crippen molar-refractivity contribution in [3.8, 4) is 6.07 Å². The first-order chi connectivity index (χ1) is 4.81. The van der Waals surface area contributed by atoms with E-state index in [0.717, 1.165) is 0 Å². The third-order valence-electron chi connectivity index (χ3n) is 1.65. The highest BCUT2D eigenvalue weighted by Gasteiger charge is 2.06. The standard InChI is InChI=1S/C6H13N.C2H3N/c7-6-4-2-1-3-5-6;1-2-3/h6H,1-5,7H2;1H3. The molecule has 2 nitrogen and oxygen atoms in total. The number of rotatable bonds is 0.